The minimum atomic E-state index is -0.339. The molecule has 1 saturated carbocycles. The predicted octanol–water partition coefficient (Wildman–Crippen LogP) is 2.64. The second-order valence-electron chi connectivity index (χ2n) is 6.20. The molecule has 1 aliphatic heterocycles. The largest absolute Gasteiger partial charge is 0.495 e. The van der Waals surface area contributed by atoms with Crippen molar-refractivity contribution in [2.75, 3.05) is 24.5 Å². The summed E-state index contributed by atoms with van der Waals surface area (Å²) < 4.78 is 15.8. The maximum atomic E-state index is 12.4. The second-order valence-corrected chi connectivity index (χ2v) is 6.20. The summed E-state index contributed by atoms with van der Waals surface area (Å²) in [7, 11) is 1.55. The Bertz CT molecular complexity index is 867. The van der Waals surface area contributed by atoms with Crippen LogP contribution in [0.3, 0.4) is 0 Å². The molecule has 1 aliphatic carbocycles. The molecule has 7 heteroatoms. The third-order valence-corrected chi connectivity index (χ3v) is 4.47. The predicted molar refractivity (Wildman–Crippen MR) is 94.4 cm³/mol. The quantitative estimate of drug-likeness (QED) is 0.862. The monoisotopic (exact) mass is 354 g/mol. The number of para-hydroxylation sites is 2. The van der Waals surface area contributed by atoms with Crippen LogP contribution < -0.4 is 24.8 Å². The molecule has 0 bridgehead atoms. The third kappa shape index (κ3) is 3.15. The molecule has 26 heavy (non-hydrogen) atoms. The summed E-state index contributed by atoms with van der Waals surface area (Å²) in [6, 6.07) is 12.4. The normalized spacial score (nSPS) is 19.6. The molecule has 2 aromatic rings. The molecule has 4 rings (SSSR count). The van der Waals surface area contributed by atoms with Crippen LogP contribution in [0.25, 0.3) is 0 Å². The van der Waals surface area contributed by atoms with Crippen molar-refractivity contribution in [1.29, 1.82) is 0 Å². The number of methoxy groups -OCH3 is 1. The van der Waals surface area contributed by atoms with Crippen LogP contribution in [0.2, 0.25) is 0 Å². The standard InChI is InChI=1S/C19H18N2O5/c1-24-15-5-3-2-4-14(15)21-19(23)13-9-12(13)18(22)20-11-6-7-16-17(8-11)26-10-25-16/h2-8,12-13H,9-10H2,1H3,(H,20,22)(H,21,23). The van der Waals surface area contributed by atoms with E-state index in [0.29, 0.717) is 35.0 Å². The first-order valence-corrected chi connectivity index (χ1v) is 8.30. The van der Waals surface area contributed by atoms with Crippen LogP contribution in [0.1, 0.15) is 6.42 Å². The van der Waals surface area contributed by atoms with Crippen molar-refractivity contribution >= 4 is 23.2 Å². The van der Waals surface area contributed by atoms with Crippen LogP contribution in [0.5, 0.6) is 17.2 Å². The number of nitrogens with one attached hydrogen (secondary N) is 2. The number of amides is 2. The summed E-state index contributed by atoms with van der Waals surface area (Å²) in [5.41, 5.74) is 1.22. The molecule has 1 heterocycles. The van der Waals surface area contributed by atoms with Gasteiger partial charge in [0.1, 0.15) is 5.75 Å². The fraction of sp³-hybridized carbons (Fsp3) is 0.263. The number of rotatable bonds is 5. The summed E-state index contributed by atoms with van der Waals surface area (Å²) >= 11 is 0. The maximum absolute atomic E-state index is 12.4. The Morgan fingerprint density at radius 1 is 1.00 bits per heavy atom. The molecular weight excluding hydrogens is 336 g/mol. The van der Waals surface area contributed by atoms with Crippen molar-refractivity contribution in [3.05, 3.63) is 42.5 Å². The molecule has 1 fully saturated rings. The number of hydrogen-bond acceptors (Lipinski definition) is 5. The number of ether oxygens (including phenoxy) is 3. The van der Waals surface area contributed by atoms with Crippen LogP contribution in [0.15, 0.2) is 42.5 Å². The summed E-state index contributed by atoms with van der Waals surface area (Å²) in [5, 5.41) is 5.65. The van der Waals surface area contributed by atoms with Crippen LogP contribution in [0, 0.1) is 11.8 Å². The molecule has 0 radical (unpaired) electrons. The van der Waals surface area contributed by atoms with Gasteiger partial charge in [-0.25, -0.2) is 0 Å². The highest BCUT2D eigenvalue weighted by molar-refractivity contribution is 6.03. The summed E-state index contributed by atoms with van der Waals surface area (Å²) in [5.74, 6) is 0.809. The van der Waals surface area contributed by atoms with Gasteiger partial charge in [-0.15, -0.1) is 0 Å². The summed E-state index contributed by atoms with van der Waals surface area (Å²) in [6.45, 7) is 0.181. The molecule has 2 amide bonds. The van der Waals surface area contributed by atoms with Crippen LogP contribution in [-0.2, 0) is 9.59 Å². The van der Waals surface area contributed by atoms with E-state index in [1.807, 2.05) is 12.1 Å². The Hall–Kier alpha value is -3.22. The smallest absolute Gasteiger partial charge is 0.231 e. The van der Waals surface area contributed by atoms with E-state index < -0.39 is 0 Å². The topological polar surface area (TPSA) is 85.9 Å². The lowest BCUT2D eigenvalue weighted by molar-refractivity contribution is -0.122. The Morgan fingerprint density at radius 3 is 2.54 bits per heavy atom. The third-order valence-electron chi connectivity index (χ3n) is 4.47. The average molecular weight is 354 g/mol. The second kappa shape index (κ2) is 6.59. The number of anilines is 2. The van der Waals surface area contributed by atoms with Gasteiger partial charge in [-0.1, -0.05) is 12.1 Å². The lowest BCUT2D eigenvalue weighted by Gasteiger charge is -2.10. The van der Waals surface area contributed by atoms with Gasteiger partial charge in [0.05, 0.1) is 24.6 Å². The molecule has 7 nitrogen and oxygen atoms in total. The van der Waals surface area contributed by atoms with Crippen molar-refractivity contribution < 1.29 is 23.8 Å². The van der Waals surface area contributed by atoms with Gasteiger partial charge in [0.15, 0.2) is 11.5 Å². The van der Waals surface area contributed by atoms with Crippen LogP contribution in [0.4, 0.5) is 11.4 Å². The first-order valence-electron chi connectivity index (χ1n) is 8.30. The van der Waals surface area contributed by atoms with E-state index in [1.54, 1.807) is 37.4 Å². The van der Waals surface area contributed by atoms with Gasteiger partial charge >= 0.3 is 0 Å². The molecular formula is C19H18N2O5. The minimum Gasteiger partial charge on any atom is -0.495 e. The van der Waals surface area contributed by atoms with Gasteiger partial charge in [-0.2, -0.15) is 0 Å². The molecule has 0 saturated heterocycles. The molecule has 134 valence electrons. The molecule has 2 N–H and O–H groups in total. The van der Waals surface area contributed by atoms with Crippen molar-refractivity contribution in [2.45, 2.75) is 6.42 Å². The Kier molecular flexibility index (Phi) is 4.12. The summed E-state index contributed by atoms with van der Waals surface area (Å²) in [4.78, 5) is 24.8. The fourth-order valence-electron chi connectivity index (χ4n) is 2.96. The molecule has 2 atom stereocenters. The van der Waals surface area contributed by atoms with Crippen molar-refractivity contribution in [3.63, 3.8) is 0 Å². The zero-order chi connectivity index (χ0) is 18.1. The molecule has 2 unspecified atom stereocenters. The number of hydrogen-bond donors (Lipinski definition) is 2. The molecule has 2 aliphatic rings. The van der Waals surface area contributed by atoms with Gasteiger partial charge in [0, 0.05) is 11.8 Å². The van der Waals surface area contributed by atoms with Gasteiger partial charge in [0.2, 0.25) is 18.6 Å². The maximum Gasteiger partial charge on any atom is 0.231 e. The van der Waals surface area contributed by atoms with E-state index >= 15 is 0 Å². The van der Waals surface area contributed by atoms with E-state index in [9.17, 15) is 9.59 Å². The lowest BCUT2D eigenvalue weighted by atomic mass is 10.2. The van der Waals surface area contributed by atoms with Gasteiger partial charge < -0.3 is 24.8 Å². The first kappa shape index (κ1) is 16.3. The zero-order valence-corrected chi connectivity index (χ0v) is 14.2. The van der Waals surface area contributed by atoms with E-state index in [0.717, 1.165) is 0 Å². The highest BCUT2D eigenvalue weighted by Crippen LogP contribution is 2.41. The summed E-state index contributed by atoms with van der Waals surface area (Å²) in [6.07, 6.45) is 0.525. The van der Waals surface area contributed by atoms with Crippen LogP contribution >= 0.6 is 0 Å². The Balaban J connectivity index is 1.35. The highest BCUT2D eigenvalue weighted by atomic mass is 16.7. The van der Waals surface area contributed by atoms with Crippen molar-refractivity contribution in [2.24, 2.45) is 11.8 Å². The van der Waals surface area contributed by atoms with Crippen molar-refractivity contribution in [3.8, 4) is 17.2 Å². The minimum absolute atomic E-state index is 0.177. The lowest BCUT2D eigenvalue weighted by Crippen LogP contribution is -2.20. The van der Waals surface area contributed by atoms with E-state index in [2.05, 4.69) is 10.6 Å². The molecule has 0 spiro atoms. The number of benzene rings is 2. The van der Waals surface area contributed by atoms with E-state index in [-0.39, 0.29) is 30.4 Å². The molecule has 2 aromatic carbocycles. The number of carbonyl (C=O) groups is 2. The van der Waals surface area contributed by atoms with E-state index in [1.165, 1.54) is 0 Å². The molecule has 0 aromatic heterocycles. The zero-order valence-electron chi connectivity index (χ0n) is 14.2. The number of carbonyl (C=O) groups excluding carboxylic acids is 2. The van der Waals surface area contributed by atoms with Gasteiger partial charge in [-0.3, -0.25) is 9.59 Å². The van der Waals surface area contributed by atoms with Gasteiger partial charge in [0.25, 0.3) is 0 Å². The highest BCUT2D eigenvalue weighted by Gasteiger charge is 2.48. The Labute approximate surface area is 150 Å². The Morgan fingerprint density at radius 2 is 1.73 bits per heavy atom. The fourth-order valence-corrected chi connectivity index (χ4v) is 2.96. The van der Waals surface area contributed by atoms with E-state index in [4.69, 9.17) is 14.2 Å². The van der Waals surface area contributed by atoms with Gasteiger partial charge in [-0.05, 0) is 30.7 Å². The first-order chi connectivity index (χ1) is 12.7. The number of fused-ring (bicyclic) bond motifs is 1. The van der Waals surface area contributed by atoms with Crippen LogP contribution in [-0.4, -0.2) is 25.7 Å². The SMILES string of the molecule is COc1ccccc1NC(=O)C1CC1C(=O)Nc1ccc2c(c1)OCO2. The average Bonchev–Trinajstić information content (AvgIpc) is 3.33. The van der Waals surface area contributed by atoms with Crippen molar-refractivity contribution in [1.82, 2.24) is 0 Å².